The molecule has 6 heteroatoms. The molecule has 0 saturated carbocycles. The van der Waals surface area contributed by atoms with E-state index in [2.05, 4.69) is 59.8 Å². The van der Waals surface area contributed by atoms with Gasteiger partial charge < -0.3 is 11.1 Å². The van der Waals surface area contributed by atoms with Gasteiger partial charge in [-0.3, -0.25) is 4.79 Å². The maximum Gasteiger partial charge on any atom is 0.256 e. The molecule has 2 aromatic carbocycles. The zero-order valence-electron chi connectivity index (χ0n) is 9.58. The molecular formula is C13H9Br2IN2O. The minimum Gasteiger partial charge on any atom is -0.399 e. The highest BCUT2D eigenvalue weighted by molar-refractivity contribution is 14.1. The molecule has 19 heavy (non-hydrogen) atoms. The topological polar surface area (TPSA) is 55.1 Å². The van der Waals surface area contributed by atoms with Crippen LogP contribution in [0.3, 0.4) is 0 Å². The zero-order chi connectivity index (χ0) is 14.0. The summed E-state index contributed by atoms with van der Waals surface area (Å²) in [4.78, 5) is 12.2. The number of amides is 1. The van der Waals surface area contributed by atoms with E-state index in [-0.39, 0.29) is 5.91 Å². The second-order valence-corrected chi connectivity index (χ2v) is 6.66. The number of nitrogens with one attached hydrogen (secondary N) is 1. The molecule has 0 unspecified atom stereocenters. The van der Waals surface area contributed by atoms with Crippen molar-refractivity contribution in [3.05, 3.63) is 54.5 Å². The molecule has 2 rings (SSSR count). The summed E-state index contributed by atoms with van der Waals surface area (Å²) in [5.41, 5.74) is 7.64. The van der Waals surface area contributed by atoms with Crippen molar-refractivity contribution in [2.24, 2.45) is 0 Å². The lowest BCUT2D eigenvalue weighted by Crippen LogP contribution is -2.14. The molecule has 1 amide bonds. The second kappa shape index (κ2) is 6.23. The van der Waals surface area contributed by atoms with Crippen LogP contribution in [0.25, 0.3) is 0 Å². The van der Waals surface area contributed by atoms with Gasteiger partial charge in [0, 0.05) is 18.2 Å². The summed E-state index contributed by atoms with van der Waals surface area (Å²) in [5.74, 6) is -0.156. The number of carbonyl (C=O) groups excluding carboxylic acids is 1. The third-order valence-electron chi connectivity index (χ3n) is 2.42. The first-order valence-electron chi connectivity index (χ1n) is 5.29. The van der Waals surface area contributed by atoms with Gasteiger partial charge in [0.05, 0.1) is 11.3 Å². The maximum absolute atomic E-state index is 12.2. The monoisotopic (exact) mass is 494 g/mol. The number of rotatable bonds is 2. The number of carbonyl (C=O) groups is 1. The largest absolute Gasteiger partial charge is 0.399 e. The Hall–Kier alpha value is -0.600. The van der Waals surface area contributed by atoms with Crippen LogP contribution < -0.4 is 11.1 Å². The number of hydrogen-bond acceptors (Lipinski definition) is 2. The van der Waals surface area contributed by atoms with Crippen LogP contribution in [0.4, 0.5) is 11.4 Å². The quantitative estimate of drug-likeness (QED) is 0.471. The van der Waals surface area contributed by atoms with Crippen molar-refractivity contribution in [3.63, 3.8) is 0 Å². The van der Waals surface area contributed by atoms with Crippen molar-refractivity contribution in [2.45, 2.75) is 0 Å². The minimum atomic E-state index is -0.156. The predicted molar refractivity (Wildman–Crippen MR) is 93.4 cm³/mol. The summed E-state index contributed by atoms with van der Waals surface area (Å²) < 4.78 is 2.37. The summed E-state index contributed by atoms with van der Waals surface area (Å²) >= 11 is 8.92. The number of halogens is 3. The summed E-state index contributed by atoms with van der Waals surface area (Å²) in [7, 11) is 0. The molecule has 0 heterocycles. The van der Waals surface area contributed by atoms with Crippen molar-refractivity contribution in [1.82, 2.24) is 0 Å². The van der Waals surface area contributed by atoms with Crippen molar-refractivity contribution >= 4 is 71.7 Å². The van der Waals surface area contributed by atoms with E-state index in [1.165, 1.54) is 0 Å². The maximum atomic E-state index is 12.2. The number of hydrogen-bond donors (Lipinski definition) is 2. The predicted octanol–water partition coefficient (Wildman–Crippen LogP) is 4.65. The summed E-state index contributed by atoms with van der Waals surface area (Å²) in [5, 5.41) is 2.87. The van der Waals surface area contributed by atoms with Crippen molar-refractivity contribution in [1.29, 1.82) is 0 Å². The summed E-state index contributed by atoms with van der Waals surface area (Å²) in [6, 6.07) is 10.9. The molecule has 0 aliphatic heterocycles. The van der Waals surface area contributed by atoms with Crippen LogP contribution in [0.2, 0.25) is 0 Å². The molecule has 0 radical (unpaired) electrons. The van der Waals surface area contributed by atoms with Crippen LogP contribution in [0.1, 0.15) is 10.4 Å². The molecule has 0 atom stereocenters. The Morgan fingerprint density at radius 2 is 1.74 bits per heavy atom. The van der Waals surface area contributed by atoms with Crippen LogP contribution in [-0.4, -0.2) is 5.91 Å². The molecule has 3 N–H and O–H groups in total. The minimum absolute atomic E-state index is 0.156. The molecular weight excluding hydrogens is 487 g/mol. The molecule has 3 nitrogen and oxygen atoms in total. The standard InChI is InChI=1S/C13H9Br2IN2O/c14-9-5-7(17)6-10(15)12(9)18-13(19)8-3-1-2-4-11(8)16/h1-6H,17H2,(H,18,19). The molecule has 0 aliphatic rings. The van der Waals surface area contributed by atoms with E-state index in [4.69, 9.17) is 5.73 Å². The highest BCUT2D eigenvalue weighted by Gasteiger charge is 2.13. The Morgan fingerprint density at radius 3 is 2.32 bits per heavy atom. The lowest BCUT2D eigenvalue weighted by molar-refractivity contribution is 0.102. The van der Waals surface area contributed by atoms with Gasteiger partial charge in [-0.1, -0.05) is 12.1 Å². The molecule has 0 aromatic heterocycles. The number of nitrogens with two attached hydrogens (primary N) is 1. The fraction of sp³-hybridized carbons (Fsp3) is 0. The fourth-order valence-corrected chi connectivity index (χ4v) is 3.59. The summed E-state index contributed by atoms with van der Waals surface area (Å²) in [6.45, 7) is 0. The molecule has 0 saturated heterocycles. The first kappa shape index (κ1) is 14.8. The SMILES string of the molecule is Nc1cc(Br)c(NC(=O)c2ccccc2I)c(Br)c1. The van der Waals surface area contributed by atoms with E-state index in [1.807, 2.05) is 18.2 Å². The van der Waals surface area contributed by atoms with Crippen LogP contribution in [0.15, 0.2) is 45.3 Å². The third kappa shape index (κ3) is 3.49. The molecule has 0 spiro atoms. The van der Waals surface area contributed by atoms with Crippen molar-refractivity contribution in [3.8, 4) is 0 Å². The van der Waals surface area contributed by atoms with Gasteiger partial charge in [-0.25, -0.2) is 0 Å². The molecule has 0 aliphatic carbocycles. The highest BCUT2D eigenvalue weighted by atomic mass is 127. The van der Waals surface area contributed by atoms with Crippen molar-refractivity contribution in [2.75, 3.05) is 11.1 Å². The average Bonchev–Trinajstić information content (AvgIpc) is 2.34. The van der Waals surface area contributed by atoms with E-state index in [0.717, 1.165) is 12.5 Å². The Morgan fingerprint density at radius 1 is 1.16 bits per heavy atom. The zero-order valence-corrected chi connectivity index (χ0v) is 14.9. The van der Waals surface area contributed by atoms with Gasteiger partial charge in [0.15, 0.2) is 0 Å². The van der Waals surface area contributed by atoms with E-state index in [0.29, 0.717) is 16.9 Å². The van der Waals surface area contributed by atoms with Gasteiger partial charge >= 0.3 is 0 Å². The number of nitrogen functional groups attached to an aromatic ring is 1. The smallest absolute Gasteiger partial charge is 0.256 e. The Labute approximate surface area is 141 Å². The average molecular weight is 496 g/mol. The number of benzene rings is 2. The fourth-order valence-electron chi connectivity index (χ4n) is 1.54. The Balaban J connectivity index is 2.32. The van der Waals surface area contributed by atoms with Crippen LogP contribution in [-0.2, 0) is 0 Å². The van der Waals surface area contributed by atoms with Crippen LogP contribution >= 0.6 is 54.5 Å². The lowest BCUT2D eigenvalue weighted by Gasteiger charge is -2.11. The first-order valence-corrected chi connectivity index (χ1v) is 7.96. The highest BCUT2D eigenvalue weighted by Crippen LogP contribution is 2.33. The van der Waals surface area contributed by atoms with Gasteiger partial charge in [0.2, 0.25) is 0 Å². The number of anilines is 2. The van der Waals surface area contributed by atoms with Gasteiger partial charge in [-0.05, 0) is 78.7 Å². The van der Waals surface area contributed by atoms with E-state index in [9.17, 15) is 4.79 Å². The molecule has 0 bridgehead atoms. The Kier molecular flexibility index (Phi) is 4.86. The summed E-state index contributed by atoms with van der Waals surface area (Å²) in [6.07, 6.45) is 0. The van der Waals surface area contributed by atoms with Gasteiger partial charge in [0.25, 0.3) is 5.91 Å². The van der Waals surface area contributed by atoms with E-state index >= 15 is 0 Å². The van der Waals surface area contributed by atoms with Gasteiger partial charge in [-0.2, -0.15) is 0 Å². The normalized spacial score (nSPS) is 10.3. The van der Waals surface area contributed by atoms with Crippen molar-refractivity contribution < 1.29 is 4.79 Å². The van der Waals surface area contributed by atoms with Gasteiger partial charge in [-0.15, -0.1) is 0 Å². The molecule has 2 aromatic rings. The first-order chi connectivity index (χ1) is 8.99. The molecule has 98 valence electrons. The van der Waals surface area contributed by atoms with E-state index < -0.39 is 0 Å². The lowest BCUT2D eigenvalue weighted by atomic mass is 10.2. The second-order valence-electron chi connectivity index (χ2n) is 3.79. The van der Waals surface area contributed by atoms with Crippen LogP contribution in [0.5, 0.6) is 0 Å². The molecule has 0 fully saturated rings. The van der Waals surface area contributed by atoms with Crippen LogP contribution in [0, 0.1) is 3.57 Å². The van der Waals surface area contributed by atoms with E-state index in [1.54, 1.807) is 18.2 Å². The third-order valence-corrected chi connectivity index (χ3v) is 4.61. The van der Waals surface area contributed by atoms with Gasteiger partial charge in [0.1, 0.15) is 0 Å². The Bertz CT molecular complexity index is 623.